The summed E-state index contributed by atoms with van der Waals surface area (Å²) in [5, 5.41) is 24.2. The molecule has 3 rings (SSSR count). The molecule has 1 aromatic carbocycles. The lowest BCUT2D eigenvalue weighted by Gasteiger charge is -2.01. The van der Waals surface area contributed by atoms with Crippen LogP contribution in [0.3, 0.4) is 0 Å². The Bertz CT molecular complexity index is 556. The summed E-state index contributed by atoms with van der Waals surface area (Å²) in [4.78, 5) is 4.67. The molecule has 0 aliphatic heterocycles. The number of benzene rings is 1. The molecule has 5 nitrogen and oxygen atoms in total. The van der Waals surface area contributed by atoms with E-state index in [9.17, 15) is 5.21 Å². The lowest BCUT2D eigenvalue weighted by Crippen LogP contribution is -2.31. The first-order chi connectivity index (χ1) is 7.78. The molecule has 2 aromatic rings. The molecule has 1 N–H and O–H groups in total. The topological polar surface area (TPSA) is 73.0 Å². The van der Waals surface area contributed by atoms with Gasteiger partial charge in [0.1, 0.15) is 5.52 Å². The summed E-state index contributed by atoms with van der Waals surface area (Å²) >= 11 is 0. The first-order valence-corrected chi connectivity index (χ1v) is 5.25. The molecular formula is C11H11N3O2. The normalized spacial score (nSPS) is 18.9. The number of aliphatic hydroxyl groups excluding tert-OH is 1. The summed E-state index contributed by atoms with van der Waals surface area (Å²) in [5.41, 5.74) is 3.48. The first-order valence-electron chi connectivity index (χ1n) is 5.25. The van der Waals surface area contributed by atoms with Gasteiger partial charge in [0.05, 0.1) is 0 Å². The molecule has 16 heavy (non-hydrogen) atoms. The number of aromatic nitrogens is 3. The van der Waals surface area contributed by atoms with Gasteiger partial charge in [-0.15, -0.1) is 0 Å². The van der Waals surface area contributed by atoms with Gasteiger partial charge in [-0.3, -0.25) is 0 Å². The molecule has 5 heteroatoms. The molecule has 0 radical (unpaired) electrons. The number of aliphatic hydroxyl groups is 1. The third-order valence-electron chi connectivity index (χ3n) is 3.13. The van der Waals surface area contributed by atoms with Crippen LogP contribution in [0.1, 0.15) is 11.1 Å². The van der Waals surface area contributed by atoms with E-state index in [0.717, 1.165) is 18.4 Å². The molecule has 0 saturated heterocycles. The van der Waals surface area contributed by atoms with Crippen molar-refractivity contribution in [3.05, 3.63) is 34.8 Å². The predicted molar refractivity (Wildman–Crippen MR) is 56.5 cm³/mol. The molecule has 1 atom stereocenters. The number of hydrogen-bond donors (Lipinski definition) is 1. The molecule has 1 heterocycles. The monoisotopic (exact) mass is 217 g/mol. The fourth-order valence-electron chi connectivity index (χ4n) is 2.32. The highest BCUT2D eigenvalue weighted by Gasteiger charge is 2.23. The highest BCUT2D eigenvalue weighted by Crippen LogP contribution is 2.28. The van der Waals surface area contributed by atoms with Gasteiger partial charge in [0.2, 0.25) is 0 Å². The Kier molecular flexibility index (Phi) is 2.00. The van der Waals surface area contributed by atoms with Gasteiger partial charge in [0.25, 0.3) is 5.52 Å². The van der Waals surface area contributed by atoms with E-state index in [2.05, 4.69) is 10.1 Å². The van der Waals surface area contributed by atoms with Crippen LogP contribution in [0.25, 0.3) is 11.0 Å². The highest BCUT2D eigenvalue weighted by molar-refractivity contribution is 5.73. The minimum absolute atomic E-state index is 0.189. The van der Waals surface area contributed by atoms with Crippen LogP contribution in [0.4, 0.5) is 0 Å². The summed E-state index contributed by atoms with van der Waals surface area (Å²) in [5.74, 6) is 0.278. The molecule has 1 aliphatic carbocycles. The molecule has 0 fully saturated rings. The second-order valence-corrected chi connectivity index (χ2v) is 4.20. The summed E-state index contributed by atoms with van der Waals surface area (Å²) in [6.45, 7) is 0.189. The van der Waals surface area contributed by atoms with E-state index in [4.69, 9.17) is 5.11 Å². The maximum atomic E-state index is 11.4. The van der Waals surface area contributed by atoms with Crippen molar-refractivity contribution in [3.63, 3.8) is 0 Å². The quantitative estimate of drug-likeness (QED) is 0.537. The maximum Gasteiger partial charge on any atom is 0.270 e. The minimum atomic E-state index is 0.189. The van der Waals surface area contributed by atoms with Crippen molar-refractivity contribution in [2.24, 2.45) is 5.92 Å². The number of fused-ring (bicyclic) bond motifs is 2. The average Bonchev–Trinajstić information content (AvgIpc) is 2.69. The van der Waals surface area contributed by atoms with Crippen LogP contribution in [0.15, 0.2) is 18.5 Å². The molecule has 0 spiro atoms. The standard InChI is InChI=1S/C11H11N3O2/c15-5-7-1-8-3-10-11(4-9(8)2-7)14(16)13-6-12-10/h3-4,6-7,15H,1-2,5H2. The molecule has 1 aliphatic rings. The van der Waals surface area contributed by atoms with E-state index in [0.29, 0.717) is 15.9 Å². The molecule has 82 valence electrons. The first kappa shape index (κ1) is 9.47. The maximum absolute atomic E-state index is 11.4. The molecular weight excluding hydrogens is 206 g/mol. The summed E-state index contributed by atoms with van der Waals surface area (Å²) < 4.78 is 0. The molecule has 0 amide bonds. The van der Waals surface area contributed by atoms with Crippen LogP contribution in [0.5, 0.6) is 0 Å². The van der Waals surface area contributed by atoms with Crippen LogP contribution in [0, 0.1) is 11.1 Å². The van der Waals surface area contributed by atoms with Gasteiger partial charge >= 0.3 is 0 Å². The zero-order valence-electron chi connectivity index (χ0n) is 8.63. The van der Waals surface area contributed by atoms with Gasteiger partial charge in [-0.2, -0.15) is 0 Å². The third kappa shape index (κ3) is 1.32. The largest absolute Gasteiger partial charge is 0.594 e. The summed E-state index contributed by atoms with van der Waals surface area (Å²) in [7, 11) is 0. The Hall–Kier alpha value is -1.75. The Morgan fingerprint density at radius 1 is 1.38 bits per heavy atom. The van der Waals surface area contributed by atoms with Crippen molar-refractivity contribution in [2.45, 2.75) is 12.8 Å². The van der Waals surface area contributed by atoms with Gasteiger partial charge in [-0.05, 0) is 40.8 Å². The zero-order chi connectivity index (χ0) is 11.1. The van der Waals surface area contributed by atoms with Crippen molar-refractivity contribution in [2.75, 3.05) is 6.61 Å². The van der Waals surface area contributed by atoms with E-state index in [1.165, 1.54) is 11.9 Å². The van der Waals surface area contributed by atoms with Crippen molar-refractivity contribution in [3.8, 4) is 0 Å². The zero-order valence-corrected chi connectivity index (χ0v) is 8.63. The van der Waals surface area contributed by atoms with Crippen LogP contribution in [-0.2, 0) is 12.8 Å². The van der Waals surface area contributed by atoms with E-state index in [1.807, 2.05) is 12.1 Å². The van der Waals surface area contributed by atoms with E-state index >= 15 is 0 Å². The Balaban J connectivity index is 2.18. The summed E-state index contributed by atoms with van der Waals surface area (Å²) in [6, 6.07) is 3.77. The highest BCUT2D eigenvalue weighted by atomic mass is 16.5. The fraction of sp³-hybridized carbons (Fsp3) is 0.364. The Morgan fingerprint density at radius 2 is 2.12 bits per heavy atom. The number of nitrogens with zero attached hydrogens (tertiary/aromatic N) is 3. The number of hydrogen-bond acceptors (Lipinski definition) is 4. The molecule has 0 bridgehead atoms. The number of rotatable bonds is 1. The minimum Gasteiger partial charge on any atom is -0.594 e. The van der Waals surface area contributed by atoms with E-state index in [1.54, 1.807) is 0 Å². The lowest BCUT2D eigenvalue weighted by atomic mass is 10.1. The Morgan fingerprint density at radius 3 is 2.88 bits per heavy atom. The SMILES string of the molecule is [O-][n+]1ncnc2cc3c(cc21)CC(CO)C3. The average molecular weight is 217 g/mol. The smallest absolute Gasteiger partial charge is 0.270 e. The lowest BCUT2D eigenvalue weighted by molar-refractivity contribution is -0.643. The van der Waals surface area contributed by atoms with Crippen LogP contribution < -0.4 is 4.85 Å². The van der Waals surface area contributed by atoms with Crippen LogP contribution >= 0.6 is 0 Å². The Labute approximate surface area is 91.9 Å². The second-order valence-electron chi connectivity index (χ2n) is 4.20. The molecule has 1 aromatic heterocycles. The van der Waals surface area contributed by atoms with Gasteiger partial charge in [0, 0.05) is 17.8 Å². The van der Waals surface area contributed by atoms with Gasteiger partial charge in [-0.25, -0.2) is 4.98 Å². The molecule has 1 unspecified atom stereocenters. The van der Waals surface area contributed by atoms with Crippen LogP contribution in [0.2, 0.25) is 0 Å². The van der Waals surface area contributed by atoms with Crippen molar-refractivity contribution >= 4 is 11.0 Å². The van der Waals surface area contributed by atoms with Gasteiger partial charge in [-0.1, -0.05) is 0 Å². The predicted octanol–water partition coefficient (Wildman–Crippen LogP) is -0.0297. The van der Waals surface area contributed by atoms with E-state index < -0.39 is 0 Å². The van der Waals surface area contributed by atoms with Crippen molar-refractivity contribution in [1.82, 2.24) is 10.1 Å². The third-order valence-corrected chi connectivity index (χ3v) is 3.13. The van der Waals surface area contributed by atoms with Gasteiger partial charge in [0.15, 0.2) is 6.33 Å². The molecule has 0 saturated carbocycles. The fourth-order valence-corrected chi connectivity index (χ4v) is 2.32. The summed E-state index contributed by atoms with van der Waals surface area (Å²) in [6.07, 6.45) is 2.96. The van der Waals surface area contributed by atoms with Gasteiger partial charge < -0.3 is 10.3 Å². The van der Waals surface area contributed by atoms with Crippen molar-refractivity contribution < 1.29 is 9.95 Å². The van der Waals surface area contributed by atoms with E-state index in [-0.39, 0.29) is 12.5 Å². The second kappa shape index (κ2) is 3.38. The van der Waals surface area contributed by atoms with Crippen molar-refractivity contribution in [1.29, 1.82) is 0 Å². The van der Waals surface area contributed by atoms with Crippen LogP contribution in [-0.4, -0.2) is 21.8 Å².